The van der Waals surface area contributed by atoms with E-state index in [9.17, 15) is 0 Å². The first-order valence-electron chi connectivity index (χ1n) is 6.21. The van der Waals surface area contributed by atoms with Gasteiger partial charge in [-0.3, -0.25) is 0 Å². The normalized spacial score (nSPS) is 28.8. The van der Waals surface area contributed by atoms with E-state index in [0.717, 1.165) is 32.5 Å². The molecule has 0 radical (unpaired) electrons. The van der Waals surface area contributed by atoms with Crippen LogP contribution in [-0.2, 0) is 11.2 Å². The van der Waals surface area contributed by atoms with Crippen molar-refractivity contribution in [3.63, 3.8) is 0 Å². The van der Waals surface area contributed by atoms with E-state index in [2.05, 4.69) is 46.5 Å². The third-order valence-electron chi connectivity index (χ3n) is 3.71. The highest BCUT2D eigenvalue weighted by Crippen LogP contribution is 2.39. The second kappa shape index (κ2) is 5.83. The molecule has 0 spiro atoms. The maximum atomic E-state index is 5.80. The zero-order chi connectivity index (χ0) is 12.3. The van der Waals surface area contributed by atoms with Gasteiger partial charge in [-0.15, -0.1) is 11.3 Å². The van der Waals surface area contributed by atoms with Gasteiger partial charge in [-0.05, 0) is 48.3 Å². The van der Waals surface area contributed by atoms with Crippen LogP contribution in [0.2, 0.25) is 0 Å². The van der Waals surface area contributed by atoms with Crippen molar-refractivity contribution in [2.45, 2.75) is 32.8 Å². The minimum absolute atomic E-state index is 0.278. The summed E-state index contributed by atoms with van der Waals surface area (Å²) in [7, 11) is 0. The first kappa shape index (κ1) is 13.5. The number of thiophene rings is 1. The Balaban J connectivity index is 2.10. The van der Waals surface area contributed by atoms with E-state index in [4.69, 9.17) is 4.74 Å². The topological polar surface area (TPSA) is 21.3 Å². The van der Waals surface area contributed by atoms with Gasteiger partial charge in [0.25, 0.3) is 0 Å². The van der Waals surface area contributed by atoms with E-state index < -0.39 is 0 Å². The fourth-order valence-electron chi connectivity index (χ4n) is 2.51. The van der Waals surface area contributed by atoms with E-state index in [-0.39, 0.29) is 5.41 Å². The second-order valence-corrected chi connectivity index (χ2v) is 6.73. The number of nitrogens with one attached hydrogen (secondary N) is 1. The molecule has 1 aliphatic rings. The van der Waals surface area contributed by atoms with Gasteiger partial charge in [0, 0.05) is 33.3 Å². The molecule has 0 bridgehead atoms. The number of halogens is 1. The quantitative estimate of drug-likeness (QED) is 0.898. The van der Waals surface area contributed by atoms with Gasteiger partial charge in [0.2, 0.25) is 0 Å². The number of hydrogen-bond acceptors (Lipinski definition) is 3. The average Bonchev–Trinajstić information content (AvgIpc) is 2.85. The van der Waals surface area contributed by atoms with Crippen molar-refractivity contribution in [3.8, 4) is 0 Å². The Kier molecular flexibility index (Phi) is 4.64. The Bertz CT molecular complexity index is 368. The predicted octanol–water partition coefficient (Wildman–Crippen LogP) is 3.46. The molecule has 1 saturated heterocycles. The second-order valence-electron chi connectivity index (χ2n) is 4.81. The van der Waals surface area contributed by atoms with Gasteiger partial charge in [-0.25, -0.2) is 0 Å². The molecule has 2 rings (SSSR count). The molecule has 2 unspecified atom stereocenters. The Morgan fingerprint density at radius 1 is 1.65 bits per heavy atom. The van der Waals surface area contributed by atoms with Gasteiger partial charge in [0.15, 0.2) is 0 Å². The van der Waals surface area contributed by atoms with Crippen LogP contribution in [-0.4, -0.2) is 25.8 Å². The van der Waals surface area contributed by atoms with E-state index in [0.29, 0.717) is 6.10 Å². The minimum Gasteiger partial charge on any atom is -0.378 e. The molecule has 4 heteroatoms. The van der Waals surface area contributed by atoms with Crippen molar-refractivity contribution in [2.24, 2.45) is 5.41 Å². The molecule has 1 fully saturated rings. The molecule has 96 valence electrons. The lowest BCUT2D eigenvalue weighted by atomic mass is 9.78. The fraction of sp³-hybridized carbons (Fsp3) is 0.692. The summed E-state index contributed by atoms with van der Waals surface area (Å²) in [6, 6.07) is 2.24. The highest BCUT2D eigenvalue weighted by Gasteiger charge is 2.41. The highest BCUT2D eigenvalue weighted by molar-refractivity contribution is 9.10. The molecule has 0 aliphatic carbocycles. The summed E-state index contributed by atoms with van der Waals surface area (Å²) in [4.78, 5) is 1.45. The lowest BCUT2D eigenvalue weighted by Gasteiger charge is -2.32. The SMILES string of the molecule is CCNCC1(Cc2cc(Br)cs2)CCOC1C. The molecule has 0 aromatic carbocycles. The summed E-state index contributed by atoms with van der Waals surface area (Å²) < 4.78 is 6.99. The predicted molar refractivity (Wildman–Crippen MR) is 76.7 cm³/mol. The van der Waals surface area contributed by atoms with Crippen LogP contribution in [0.15, 0.2) is 15.9 Å². The van der Waals surface area contributed by atoms with Crippen molar-refractivity contribution in [3.05, 3.63) is 20.8 Å². The van der Waals surface area contributed by atoms with Crippen LogP contribution in [0.25, 0.3) is 0 Å². The third kappa shape index (κ3) is 3.11. The van der Waals surface area contributed by atoms with Gasteiger partial charge in [-0.1, -0.05) is 6.92 Å². The maximum Gasteiger partial charge on any atom is 0.0619 e. The van der Waals surface area contributed by atoms with Crippen molar-refractivity contribution >= 4 is 27.3 Å². The summed E-state index contributed by atoms with van der Waals surface area (Å²) in [5.74, 6) is 0. The summed E-state index contributed by atoms with van der Waals surface area (Å²) in [6.07, 6.45) is 2.64. The van der Waals surface area contributed by atoms with Crippen LogP contribution in [0, 0.1) is 5.41 Å². The maximum absolute atomic E-state index is 5.80. The summed E-state index contributed by atoms with van der Waals surface area (Å²) in [6.45, 7) is 7.37. The first-order chi connectivity index (χ1) is 8.16. The van der Waals surface area contributed by atoms with E-state index in [1.54, 1.807) is 0 Å². The lowest BCUT2D eigenvalue weighted by molar-refractivity contribution is 0.0637. The average molecular weight is 318 g/mol. The van der Waals surface area contributed by atoms with Crippen molar-refractivity contribution < 1.29 is 4.74 Å². The summed E-state index contributed by atoms with van der Waals surface area (Å²) >= 11 is 5.37. The van der Waals surface area contributed by atoms with Gasteiger partial charge in [-0.2, -0.15) is 0 Å². The van der Waals surface area contributed by atoms with Crippen molar-refractivity contribution in [1.29, 1.82) is 0 Å². The van der Waals surface area contributed by atoms with E-state index >= 15 is 0 Å². The van der Waals surface area contributed by atoms with E-state index in [1.165, 1.54) is 9.35 Å². The lowest BCUT2D eigenvalue weighted by Crippen LogP contribution is -2.41. The molecule has 2 atom stereocenters. The van der Waals surface area contributed by atoms with Crippen molar-refractivity contribution in [1.82, 2.24) is 5.32 Å². The largest absolute Gasteiger partial charge is 0.378 e. The molecule has 1 aromatic heterocycles. The van der Waals surface area contributed by atoms with Crippen LogP contribution in [0.1, 0.15) is 25.1 Å². The Labute approximate surface area is 116 Å². The molecule has 0 amide bonds. The highest BCUT2D eigenvalue weighted by atomic mass is 79.9. The molecular weight excluding hydrogens is 298 g/mol. The standard InChI is InChI=1S/C13H20BrNOS/c1-3-15-9-13(4-5-16-10(13)2)7-12-6-11(14)8-17-12/h6,8,10,15H,3-5,7,9H2,1-2H3. The zero-order valence-electron chi connectivity index (χ0n) is 10.5. The van der Waals surface area contributed by atoms with Crippen LogP contribution < -0.4 is 5.32 Å². The van der Waals surface area contributed by atoms with Crippen LogP contribution in [0.3, 0.4) is 0 Å². The van der Waals surface area contributed by atoms with E-state index in [1.807, 2.05) is 11.3 Å². The molecule has 1 N–H and O–H groups in total. The van der Waals surface area contributed by atoms with Crippen LogP contribution >= 0.6 is 27.3 Å². The monoisotopic (exact) mass is 317 g/mol. The van der Waals surface area contributed by atoms with Crippen LogP contribution in [0.4, 0.5) is 0 Å². The van der Waals surface area contributed by atoms with Gasteiger partial charge >= 0.3 is 0 Å². The molecule has 2 heterocycles. The number of rotatable bonds is 5. The third-order valence-corrected chi connectivity index (χ3v) is 5.40. The molecule has 1 aromatic rings. The number of hydrogen-bond donors (Lipinski definition) is 1. The minimum atomic E-state index is 0.278. The molecule has 1 aliphatic heterocycles. The Morgan fingerprint density at radius 2 is 2.47 bits per heavy atom. The fourth-order valence-corrected chi connectivity index (χ4v) is 4.12. The summed E-state index contributed by atoms with van der Waals surface area (Å²) in [5.41, 5.74) is 0.278. The Morgan fingerprint density at radius 3 is 3.00 bits per heavy atom. The zero-order valence-corrected chi connectivity index (χ0v) is 12.9. The molecule has 17 heavy (non-hydrogen) atoms. The number of ether oxygens (including phenoxy) is 1. The van der Waals surface area contributed by atoms with Gasteiger partial charge in [0.05, 0.1) is 6.10 Å². The molecular formula is C13H20BrNOS. The van der Waals surface area contributed by atoms with Crippen molar-refractivity contribution in [2.75, 3.05) is 19.7 Å². The van der Waals surface area contributed by atoms with Gasteiger partial charge in [0.1, 0.15) is 0 Å². The first-order valence-corrected chi connectivity index (χ1v) is 7.89. The molecule has 0 saturated carbocycles. The molecule has 2 nitrogen and oxygen atoms in total. The smallest absolute Gasteiger partial charge is 0.0619 e. The van der Waals surface area contributed by atoms with Gasteiger partial charge < -0.3 is 10.1 Å². The van der Waals surface area contributed by atoms with Crippen LogP contribution in [0.5, 0.6) is 0 Å². The Hall–Kier alpha value is 0.1000. The summed E-state index contributed by atoms with van der Waals surface area (Å²) in [5, 5.41) is 5.66.